The zero-order valence-electron chi connectivity index (χ0n) is 18.6. The van der Waals surface area contributed by atoms with Gasteiger partial charge in [-0.15, -0.1) is 0 Å². The van der Waals surface area contributed by atoms with Gasteiger partial charge in [0, 0.05) is 32.2 Å². The molecule has 0 fully saturated rings. The third-order valence-electron chi connectivity index (χ3n) is 3.75. The number of nitrogens with one attached hydrogen (secondary N) is 4. The fraction of sp³-hybridized carbons (Fsp3) is 0.571. The summed E-state index contributed by atoms with van der Waals surface area (Å²) >= 11 is 0. The number of rotatable bonds is 7. The van der Waals surface area contributed by atoms with Gasteiger partial charge in [-0.25, -0.2) is 4.79 Å². The molecule has 4 N–H and O–H groups in total. The van der Waals surface area contributed by atoms with Crippen LogP contribution in [0.5, 0.6) is 0 Å². The highest BCUT2D eigenvalue weighted by Crippen LogP contribution is 2.09. The number of carbonyl (C=O) groups is 2. The number of alkyl carbamates (subject to hydrolysis) is 1. The maximum absolute atomic E-state index is 12.0. The Morgan fingerprint density at radius 2 is 1.76 bits per heavy atom. The van der Waals surface area contributed by atoms with Gasteiger partial charge in [-0.05, 0) is 59.2 Å². The molecule has 0 atom stereocenters. The predicted octanol–water partition coefficient (Wildman–Crippen LogP) is 2.40. The van der Waals surface area contributed by atoms with Crippen molar-refractivity contribution in [1.82, 2.24) is 21.3 Å². The minimum atomic E-state index is -0.548. The van der Waals surface area contributed by atoms with E-state index in [2.05, 4.69) is 26.3 Å². The van der Waals surface area contributed by atoms with Crippen molar-refractivity contribution >= 4 is 18.0 Å². The maximum atomic E-state index is 12.0. The zero-order chi connectivity index (χ0) is 22.1. The Kier molecular flexibility index (Phi) is 8.94. The van der Waals surface area contributed by atoms with E-state index < -0.39 is 17.2 Å². The fourth-order valence-corrected chi connectivity index (χ4v) is 2.42. The average molecular weight is 406 g/mol. The van der Waals surface area contributed by atoms with Crippen molar-refractivity contribution in [3.05, 3.63) is 35.4 Å². The number of benzene rings is 1. The fourth-order valence-electron chi connectivity index (χ4n) is 2.42. The molecule has 8 nitrogen and oxygen atoms in total. The molecule has 0 bridgehead atoms. The summed E-state index contributed by atoms with van der Waals surface area (Å²) in [5.41, 5.74) is 0.492. The minimum absolute atomic E-state index is 0.0909. The van der Waals surface area contributed by atoms with Gasteiger partial charge in [-0.1, -0.05) is 12.1 Å². The van der Waals surface area contributed by atoms with Gasteiger partial charge in [0.1, 0.15) is 5.60 Å². The third kappa shape index (κ3) is 9.82. The van der Waals surface area contributed by atoms with Crippen LogP contribution in [0.25, 0.3) is 0 Å². The highest BCUT2D eigenvalue weighted by atomic mass is 16.6. The molecule has 0 aromatic heterocycles. The summed E-state index contributed by atoms with van der Waals surface area (Å²) < 4.78 is 5.30. The van der Waals surface area contributed by atoms with Gasteiger partial charge in [0.15, 0.2) is 5.96 Å². The van der Waals surface area contributed by atoms with Gasteiger partial charge in [0.05, 0.1) is 5.54 Å². The lowest BCUT2D eigenvalue weighted by atomic mass is 10.1. The number of ether oxygens (including phenoxy) is 1. The van der Waals surface area contributed by atoms with E-state index in [1.165, 1.54) is 0 Å². The van der Waals surface area contributed by atoms with E-state index in [1.54, 1.807) is 13.1 Å². The van der Waals surface area contributed by atoms with Crippen LogP contribution in [0.4, 0.5) is 4.79 Å². The van der Waals surface area contributed by atoms with Gasteiger partial charge in [0.2, 0.25) is 0 Å². The Balaban J connectivity index is 2.57. The summed E-state index contributed by atoms with van der Waals surface area (Å²) in [5, 5.41) is 12.0. The van der Waals surface area contributed by atoms with Crippen LogP contribution < -0.4 is 21.3 Å². The van der Waals surface area contributed by atoms with Crippen LogP contribution in [-0.4, -0.2) is 49.2 Å². The van der Waals surface area contributed by atoms with Crippen molar-refractivity contribution in [3.63, 3.8) is 0 Å². The Bertz CT molecular complexity index is 723. The van der Waals surface area contributed by atoms with E-state index in [0.717, 1.165) is 5.56 Å². The molecule has 0 spiro atoms. The van der Waals surface area contributed by atoms with E-state index >= 15 is 0 Å². The molecule has 0 unspecified atom stereocenters. The molecule has 1 rings (SSSR count). The van der Waals surface area contributed by atoms with E-state index in [-0.39, 0.29) is 5.91 Å². The summed E-state index contributed by atoms with van der Waals surface area (Å²) in [6.07, 6.45) is -0.464. The second kappa shape index (κ2) is 10.7. The lowest BCUT2D eigenvalue weighted by molar-refractivity contribution is 0.0473. The molecule has 0 aliphatic heterocycles. The van der Waals surface area contributed by atoms with E-state index in [1.807, 2.05) is 59.7 Å². The van der Waals surface area contributed by atoms with Crippen LogP contribution in [0.1, 0.15) is 57.5 Å². The van der Waals surface area contributed by atoms with Crippen LogP contribution in [0, 0.1) is 0 Å². The summed E-state index contributed by atoms with van der Waals surface area (Å²) in [7, 11) is 1.68. The molecule has 0 saturated heterocycles. The van der Waals surface area contributed by atoms with Crippen molar-refractivity contribution < 1.29 is 14.3 Å². The van der Waals surface area contributed by atoms with Gasteiger partial charge in [0.25, 0.3) is 5.91 Å². The highest BCUT2D eigenvalue weighted by Gasteiger charge is 2.24. The SMILES string of the molecule is CCNC(=O)c1cccc(CNC(=NC)NCC(C)(C)NC(=O)OC(C)(C)C)c1. The Morgan fingerprint density at radius 1 is 1.07 bits per heavy atom. The molecule has 0 radical (unpaired) electrons. The molecule has 2 amide bonds. The third-order valence-corrected chi connectivity index (χ3v) is 3.75. The monoisotopic (exact) mass is 405 g/mol. The van der Waals surface area contributed by atoms with E-state index in [0.29, 0.717) is 31.2 Å². The summed E-state index contributed by atoms with van der Waals surface area (Å²) in [4.78, 5) is 28.2. The highest BCUT2D eigenvalue weighted by molar-refractivity contribution is 5.94. The number of nitrogens with zero attached hydrogens (tertiary/aromatic N) is 1. The zero-order valence-corrected chi connectivity index (χ0v) is 18.6. The first-order valence-corrected chi connectivity index (χ1v) is 9.78. The van der Waals surface area contributed by atoms with Gasteiger partial charge in [-0.2, -0.15) is 0 Å². The lowest BCUT2D eigenvalue weighted by Crippen LogP contribution is -2.54. The van der Waals surface area contributed by atoms with Crippen molar-refractivity contribution in [2.45, 2.75) is 59.2 Å². The average Bonchev–Trinajstić information content (AvgIpc) is 2.60. The molecule has 0 saturated carbocycles. The first-order valence-electron chi connectivity index (χ1n) is 9.78. The van der Waals surface area contributed by atoms with Crippen LogP contribution in [0.2, 0.25) is 0 Å². The molecule has 0 aliphatic carbocycles. The molecule has 0 heterocycles. The van der Waals surface area contributed by atoms with Crippen molar-refractivity contribution in [1.29, 1.82) is 0 Å². The number of hydrogen-bond acceptors (Lipinski definition) is 4. The summed E-state index contributed by atoms with van der Waals surface area (Å²) in [6.45, 7) is 12.7. The normalized spacial score (nSPS) is 12.2. The van der Waals surface area contributed by atoms with E-state index in [9.17, 15) is 9.59 Å². The van der Waals surface area contributed by atoms with Crippen LogP contribution in [-0.2, 0) is 11.3 Å². The molecule has 1 aromatic rings. The predicted molar refractivity (Wildman–Crippen MR) is 116 cm³/mol. The molecule has 0 aliphatic rings. The lowest BCUT2D eigenvalue weighted by Gasteiger charge is -2.29. The quantitative estimate of drug-likeness (QED) is 0.412. The molecule has 1 aromatic carbocycles. The standard InChI is InChI=1S/C21H35N5O3/c1-8-23-17(27)16-11-9-10-15(12-16)13-24-18(22-7)25-14-21(5,6)26-19(28)29-20(2,3)4/h9-12H,8,13-14H2,1-7H3,(H,23,27)(H,26,28)(H2,22,24,25). The number of hydrogen-bond donors (Lipinski definition) is 4. The first kappa shape index (κ1) is 24.3. The van der Waals surface area contributed by atoms with Crippen molar-refractivity contribution in [2.24, 2.45) is 4.99 Å². The van der Waals surface area contributed by atoms with Crippen LogP contribution >= 0.6 is 0 Å². The number of carbonyl (C=O) groups excluding carboxylic acids is 2. The van der Waals surface area contributed by atoms with Crippen molar-refractivity contribution in [2.75, 3.05) is 20.1 Å². The molecular formula is C21H35N5O3. The van der Waals surface area contributed by atoms with Crippen LogP contribution in [0.15, 0.2) is 29.3 Å². The number of guanidine groups is 1. The Hall–Kier alpha value is -2.77. The Morgan fingerprint density at radius 3 is 2.34 bits per heavy atom. The minimum Gasteiger partial charge on any atom is -0.444 e. The summed E-state index contributed by atoms with van der Waals surface area (Å²) in [6, 6.07) is 7.42. The maximum Gasteiger partial charge on any atom is 0.408 e. The Labute approximate surface area is 173 Å². The smallest absolute Gasteiger partial charge is 0.408 e. The van der Waals surface area contributed by atoms with Gasteiger partial charge in [-0.3, -0.25) is 9.79 Å². The van der Waals surface area contributed by atoms with Gasteiger partial charge >= 0.3 is 6.09 Å². The van der Waals surface area contributed by atoms with Gasteiger partial charge < -0.3 is 26.0 Å². The first-order chi connectivity index (χ1) is 13.5. The molecule has 29 heavy (non-hydrogen) atoms. The van der Waals surface area contributed by atoms with E-state index in [4.69, 9.17) is 4.74 Å². The van der Waals surface area contributed by atoms with Crippen molar-refractivity contribution in [3.8, 4) is 0 Å². The summed E-state index contributed by atoms with van der Waals surface area (Å²) in [5.74, 6) is 0.499. The largest absolute Gasteiger partial charge is 0.444 e. The topological polar surface area (TPSA) is 104 Å². The molecule has 8 heteroatoms. The number of amides is 2. The molecular weight excluding hydrogens is 370 g/mol. The van der Waals surface area contributed by atoms with Crippen LogP contribution in [0.3, 0.4) is 0 Å². The second-order valence-electron chi connectivity index (χ2n) is 8.35. The second-order valence-corrected chi connectivity index (χ2v) is 8.35. The molecule has 162 valence electrons. The number of aliphatic imine (C=N–C) groups is 1.